The first kappa shape index (κ1) is 15.6. The molecule has 2 N–H and O–H groups in total. The summed E-state index contributed by atoms with van der Waals surface area (Å²) < 4.78 is 5.52. The molecule has 4 nitrogen and oxygen atoms in total. The first-order valence-electron chi connectivity index (χ1n) is 7.28. The number of hydrogen-bond donors (Lipinski definition) is 2. The van der Waals surface area contributed by atoms with E-state index in [9.17, 15) is 15.0 Å². The number of benzene rings is 1. The van der Waals surface area contributed by atoms with Gasteiger partial charge in [-0.25, -0.2) is 4.79 Å². The highest BCUT2D eigenvalue weighted by atomic mass is 16.6. The van der Waals surface area contributed by atoms with Gasteiger partial charge in [0.1, 0.15) is 5.60 Å². The van der Waals surface area contributed by atoms with E-state index in [4.69, 9.17) is 4.74 Å². The Morgan fingerprint density at radius 1 is 1.29 bits per heavy atom. The van der Waals surface area contributed by atoms with Crippen molar-refractivity contribution in [1.82, 2.24) is 0 Å². The summed E-state index contributed by atoms with van der Waals surface area (Å²) in [6.45, 7) is 4.04. The van der Waals surface area contributed by atoms with Gasteiger partial charge in [-0.1, -0.05) is 38.1 Å². The number of cyclic esters (lactones) is 1. The number of aliphatic hydroxyl groups excluding tert-OH is 2. The number of hydrogen-bond acceptors (Lipinski definition) is 4. The fourth-order valence-corrected chi connectivity index (χ4v) is 2.73. The molecule has 1 atom stereocenters. The molecule has 21 heavy (non-hydrogen) atoms. The second kappa shape index (κ2) is 6.31. The Morgan fingerprint density at radius 3 is 2.52 bits per heavy atom. The molecular formula is C17H22O4. The van der Waals surface area contributed by atoms with Gasteiger partial charge in [-0.3, -0.25) is 0 Å². The maximum Gasteiger partial charge on any atom is 0.373 e. The van der Waals surface area contributed by atoms with Crippen molar-refractivity contribution < 1.29 is 19.7 Å². The van der Waals surface area contributed by atoms with E-state index in [1.54, 1.807) is 6.08 Å². The van der Waals surface area contributed by atoms with E-state index in [-0.39, 0.29) is 18.3 Å². The zero-order valence-corrected chi connectivity index (χ0v) is 12.5. The largest absolute Gasteiger partial charge is 0.502 e. The molecule has 1 aliphatic heterocycles. The summed E-state index contributed by atoms with van der Waals surface area (Å²) in [5.41, 5.74) is 1.37. The Labute approximate surface area is 125 Å². The molecule has 0 saturated carbocycles. The Morgan fingerprint density at radius 2 is 1.95 bits per heavy atom. The summed E-state index contributed by atoms with van der Waals surface area (Å²) in [5, 5.41) is 18.8. The van der Waals surface area contributed by atoms with Gasteiger partial charge < -0.3 is 14.9 Å². The number of carbonyl (C=O) groups excluding carboxylic acids is 1. The highest BCUT2D eigenvalue weighted by molar-refractivity contribution is 5.86. The van der Waals surface area contributed by atoms with Gasteiger partial charge in [0.15, 0.2) is 5.76 Å². The minimum Gasteiger partial charge on any atom is -0.502 e. The third-order valence-corrected chi connectivity index (χ3v) is 4.30. The summed E-state index contributed by atoms with van der Waals surface area (Å²) >= 11 is 0. The number of rotatable bonds is 5. The monoisotopic (exact) mass is 290 g/mol. The predicted molar refractivity (Wildman–Crippen MR) is 79.7 cm³/mol. The zero-order chi connectivity index (χ0) is 15.5. The fourth-order valence-electron chi connectivity index (χ4n) is 2.73. The van der Waals surface area contributed by atoms with Gasteiger partial charge in [0.05, 0.1) is 6.61 Å². The molecule has 0 spiro atoms. The maximum absolute atomic E-state index is 11.7. The van der Waals surface area contributed by atoms with Crippen LogP contribution in [0.25, 0.3) is 0 Å². The van der Waals surface area contributed by atoms with Gasteiger partial charge in [0, 0.05) is 6.42 Å². The van der Waals surface area contributed by atoms with Crippen LogP contribution in [0.15, 0.2) is 36.1 Å². The van der Waals surface area contributed by atoms with E-state index >= 15 is 0 Å². The molecule has 1 aromatic carbocycles. The molecular weight excluding hydrogens is 268 g/mol. The van der Waals surface area contributed by atoms with Gasteiger partial charge in [0.2, 0.25) is 0 Å². The highest BCUT2D eigenvalue weighted by Crippen LogP contribution is 2.35. The molecule has 1 unspecified atom stereocenters. The third kappa shape index (κ3) is 3.27. The van der Waals surface area contributed by atoms with E-state index in [1.165, 1.54) is 0 Å². The summed E-state index contributed by atoms with van der Waals surface area (Å²) in [4.78, 5) is 11.7. The molecule has 0 fully saturated rings. The molecule has 0 bridgehead atoms. The standard InChI is InChI=1S/C17H22O4/c1-12(2)17(10-8-15(19)16(20)21-17)9-7-13-5-3-4-6-14(13)11-18/h3-6,8,12,18-19H,7,9-11H2,1-2H3. The molecule has 0 aromatic heterocycles. The average Bonchev–Trinajstić information content (AvgIpc) is 2.48. The quantitative estimate of drug-likeness (QED) is 0.818. The first-order chi connectivity index (χ1) is 9.98. The Balaban J connectivity index is 2.17. The molecule has 1 heterocycles. The molecule has 0 aliphatic carbocycles. The first-order valence-corrected chi connectivity index (χ1v) is 7.28. The van der Waals surface area contributed by atoms with Crippen molar-refractivity contribution in [2.75, 3.05) is 0 Å². The van der Waals surface area contributed by atoms with E-state index in [0.29, 0.717) is 12.8 Å². The van der Waals surface area contributed by atoms with Crippen LogP contribution in [-0.4, -0.2) is 21.8 Å². The Hall–Kier alpha value is -1.81. The van der Waals surface area contributed by atoms with E-state index < -0.39 is 11.6 Å². The predicted octanol–water partition coefficient (Wildman–Crippen LogP) is 2.90. The topological polar surface area (TPSA) is 66.8 Å². The number of ether oxygens (including phenoxy) is 1. The van der Waals surface area contributed by atoms with Crippen molar-refractivity contribution in [2.24, 2.45) is 5.92 Å². The number of aryl methyl sites for hydroxylation is 1. The SMILES string of the molecule is CC(C)C1(CCc2ccccc2CO)CC=C(O)C(=O)O1. The lowest BCUT2D eigenvalue weighted by Crippen LogP contribution is -2.43. The van der Waals surface area contributed by atoms with Gasteiger partial charge in [0.25, 0.3) is 0 Å². The van der Waals surface area contributed by atoms with Crippen molar-refractivity contribution in [3.8, 4) is 0 Å². The lowest BCUT2D eigenvalue weighted by molar-refractivity contribution is -0.167. The second-order valence-electron chi connectivity index (χ2n) is 5.83. The van der Waals surface area contributed by atoms with Gasteiger partial charge in [-0.15, -0.1) is 0 Å². The van der Waals surface area contributed by atoms with Gasteiger partial charge in [-0.05, 0) is 36.0 Å². The lowest BCUT2D eigenvalue weighted by atomic mass is 9.80. The van der Waals surface area contributed by atoms with Crippen LogP contribution >= 0.6 is 0 Å². The minimum atomic E-state index is -0.648. The highest BCUT2D eigenvalue weighted by Gasteiger charge is 2.40. The van der Waals surface area contributed by atoms with Crippen LogP contribution in [0.5, 0.6) is 0 Å². The van der Waals surface area contributed by atoms with Gasteiger partial charge in [-0.2, -0.15) is 0 Å². The molecule has 4 heteroatoms. The fraction of sp³-hybridized carbons (Fsp3) is 0.471. The third-order valence-electron chi connectivity index (χ3n) is 4.30. The van der Waals surface area contributed by atoms with Gasteiger partial charge >= 0.3 is 5.97 Å². The molecule has 114 valence electrons. The minimum absolute atomic E-state index is 0.00529. The van der Waals surface area contributed by atoms with Crippen molar-refractivity contribution >= 4 is 5.97 Å². The number of esters is 1. The maximum atomic E-state index is 11.7. The van der Waals surface area contributed by atoms with Crippen LogP contribution in [-0.2, 0) is 22.6 Å². The molecule has 0 saturated heterocycles. The molecule has 0 radical (unpaired) electrons. The van der Waals surface area contributed by atoms with Crippen molar-refractivity contribution in [3.63, 3.8) is 0 Å². The summed E-state index contributed by atoms with van der Waals surface area (Å²) in [7, 11) is 0. The molecule has 2 rings (SSSR count). The van der Waals surface area contributed by atoms with Crippen LogP contribution < -0.4 is 0 Å². The van der Waals surface area contributed by atoms with E-state index in [2.05, 4.69) is 0 Å². The van der Waals surface area contributed by atoms with Crippen LogP contribution in [0.4, 0.5) is 0 Å². The lowest BCUT2D eigenvalue weighted by Gasteiger charge is -2.38. The summed E-state index contributed by atoms with van der Waals surface area (Å²) in [6, 6.07) is 7.72. The Kier molecular flexibility index (Phi) is 4.68. The second-order valence-corrected chi connectivity index (χ2v) is 5.83. The van der Waals surface area contributed by atoms with Crippen molar-refractivity contribution in [1.29, 1.82) is 0 Å². The number of carbonyl (C=O) groups is 1. The summed E-state index contributed by atoms with van der Waals surface area (Å²) in [6.07, 6.45) is 3.45. The smallest absolute Gasteiger partial charge is 0.373 e. The number of aliphatic hydroxyl groups is 2. The van der Waals surface area contributed by atoms with E-state index in [1.807, 2.05) is 38.1 Å². The van der Waals surface area contributed by atoms with Crippen LogP contribution in [0.1, 0.15) is 37.8 Å². The van der Waals surface area contributed by atoms with Crippen LogP contribution in [0.3, 0.4) is 0 Å². The molecule has 1 aliphatic rings. The molecule has 1 aromatic rings. The normalized spacial score (nSPS) is 22.1. The molecule has 0 amide bonds. The van der Waals surface area contributed by atoms with Crippen LogP contribution in [0.2, 0.25) is 0 Å². The average molecular weight is 290 g/mol. The van der Waals surface area contributed by atoms with Crippen molar-refractivity contribution in [3.05, 3.63) is 47.2 Å². The van der Waals surface area contributed by atoms with E-state index in [0.717, 1.165) is 17.5 Å². The Bertz CT molecular complexity index is 547. The van der Waals surface area contributed by atoms with Crippen molar-refractivity contribution in [2.45, 2.75) is 45.3 Å². The summed E-state index contributed by atoms with van der Waals surface area (Å²) in [5.74, 6) is -0.806. The van der Waals surface area contributed by atoms with Crippen LogP contribution in [0, 0.1) is 5.92 Å². The zero-order valence-electron chi connectivity index (χ0n) is 12.5.